The van der Waals surface area contributed by atoms with E-state index in [0.717, 1.165) is 5.75 Å². The first-order valence-electron chi connectivity index (χ1n) is 2.50. The summed E-state index contributed by atoms with van der Waals surface area (Å²) in [4.78, 5) is 0. The Kier molecular flexibility index (Phi) is 2.23. The van der Waals surface area contributed by atoms with Crippen LogP contribution >= 0.6 is 16.8 Å². The van der Waals surface area contributed by atoms with Gasteiger partial charge in [-0.05, 0) is 6.66 Å². The van der Waals surface area contributed by atoms with Crippen molar-refractivity contribution in [2.24, 2.45) is 0 Å². The first kappa shape index (κ1) is 7.63. The number of hydrogen-bond donors (Lipinski definition) is 0. The van der Waals surface area contributed by atoms with E-state index < -0.39 is 5.47 Å². The van der Waals surface area contributed by atoms with Gasteiger partial charge in [-0.2, -0.15) is 0 Å². The highest BCUT2D eigenvalue weighted by molar-refractivity contribution is 8.69. The molecule has 0 saturated carbocycles. The van der Waals surface area contributed by atoms with Crippen molar-refractivity contribution in [2.45, 2.75) is 6.10 Å². The van der Waals surface area contributed by atoms with Gasteiger partial charge >= 0.3 is 0 Å². The molecule has 1 aliphatic rings. The molecule has 1 saturated heterocycles. The van der Waals surface area contributed by atoms with Gasteiger partial charge in [0, 0.05) is 5.75 Å². The topological polar surface area (TPSA) is 9.23 Å². The smallest absolute Gasteiger partial charge is 0.133 e. The average molecular weight is 178 g/mol. The zero-order valence-corrected chi connectivity index (χ0v) is 7.56. The molecule has 0 amide bonds. The van der Waals surface area contributed by atoms with Crippen LogP contribution in [-0.2, 0) is 16.3 Å². The van der Waals surface area contributed by atoms with Crippen molar-refractivity contribution < 1.29 is 4.52 Å². The minimum atomic E-state index is -1.51. The second-order valence-electron chi connectivity index (χ2n) is 1.83. The molecule has 2 unspecified atom stereocenters. The van der Waals surface area contributed by atoms with E-state index in [-0.39, 0.29) is 6.10 Å². The van der Waals surface area contributed by atoms with E-state index in [0.29, 0.717) is 0 Å². The van der Waals surface area contributed by atoms with Crippen LogP contribution in [0.25, 0.3) is 0 Å². The van der Waals surface area contributed by atoms with Gasteiger partial charge in [0.25, 0.3) is 0 Å². The minimum Gasteiger partial charge on any atom is -0.325 e. The van der Waals surface area contributed by atoms with Crippen LogP contribution in [0.4, 0.5) is 0 Å². The monoisotopic (exact) mass is 178 g/mol. The highest BCUT2D eigenvalue weighted by Gasteiger charge is 2.25. The van der Waals surface area contributed by atoms with Gasteiger partial charge in [0.15, 0.2) is 0 Å². The predicted octanol–water partition coefficient (Wildman–Crippen LogP) is 1.69. The van der Waals surface area contributed by atoms with Gasteiger partial charge < -0.3 is 4.52 Å². The minimum absolute atomic E-state index is 0.0224. The summed E-state index contributed by atoms with van der Waals surface area (Å²) in [6.45, 7) is 1.96. The maximum absolute atomic E-state index is 5.35. The normalized spacial score (nSPS) is 42.4. The van der Waals surface area contributed by atoms with E-state index in [2.05, 4.69) is 5.92 Å². The third kappa shape index (κ3) is 1.98. The Morgan fingerprint density at radius 3 is 2.89 bits per heavy atom. The van der Waals surface area contributed by atoms with Gasteiger partial charge in [0.05, 0.1) is 0 Å². The Hall–Kier alpha value is 0.520. The molecule has 0 aromatic rings. The lowest BCUT2D eigenvalue weighted by molar-refractivity contribution is 0.332. The van der Waals surface area contributed by atoms with Gasteiger partial charge in [-0.25, -0.2) is 0 Å². The van der Waals surface area contributed by atoms with Crippen LogP contribution < -0.4 is 0 Å². The summed E-state index contributed by atoms with van der Waals surface area (Å²) in [6.07, 6.45) is 5.12. The SMILES string of the molecule is C#CC1CSP(C)(=S)O1. The van der Waals surface area contributed by atoms with Crippen LogP contribution in [0.3, 0.4) is 0 Å². The molecule has 1 nitrogen and oxygen atoms in total. The molecule has 9 heavy (non-hydrogen) atoms. The zero-order chi connectivity index (χ0) is 6.91. The van der Waals surface area contributed by atoms with Crippen molar-refractivity contribution in [3.63, 3.8) is 0 Å². The Labute approximate surface area is 64.4 Å². The molecule has 0 aromatic carbocycles. The van der Waals surface area contributed by atoms with Gasteiger partial charge in [0.1, 0.15) is 11.6 Å². The lowest BCUT2D eigenvalue weighted by Crippen LogP contribution is -2.01. The van der Waals surface area contributed by atoms with E-state index in [1.807, 2.05) is 6.66 Å². The molecule has 0 bridgehead atoms. The zero-order valence-electron chi connectivity index (χ0n) is 5.03. The Morgan fingerprint density at radius 1 is 2.00 bits per heavy atom. The summed E-state index contributed by atoms with van der Waals surface area (Å²) >= 11 is 6.80. The lowest BCUT2D eigenvalue weighted by Gasteiger charge is -2.04. The fourth-order valence-corrected chi connectivity index (χ4v) is 4.48. The second kappa shape index (κ2) is 2.64. The van der Waals surface area contributed by atoms with Crippen molar-refractivity contribution in [3.8, 4) is 12.3 Å². The van der Waals surface area contributed by atoms with Crippen LogP contribution in [-0.4, -0.2) is 18.5 Å². The maximum atomic E-state index is 5.35. The van der Waals surface area contributed by atoms with Crippen molar-refractivity contribution in [1.29, 1.82) is 0 Å². The van der Waals surface area contributed by atoms with E-state index in [1.165, 1.54) is 0 Å². The molecule has 0 radical (unpaired) electrons. The molecule has 0 N–H and O–H groups in total. The Balaban J connectivity index is 2.60. The van der Waals surface area contributed by atoms with Crippen molar-refractivity contribution in [1.82, 2.24) is 0 Å². The molecule has 1 fully saturated rings. The Morgan fingerprint density at radius 2 is 2.67 bits per heavy atom. The van der Waals surface area contributed by atoms with Crippen LogP contribution in [0.2, 0.25) is 0 Å². The molecular formula is C5H7OPS2. The molecule has 1 rings (SSSR count). The molecule has 1 aliphatic heterocycles. The Bertz CT molecular complexity index is 196. The molecule has 2 atom stereocenters. The molecule has 0 aromatic heterocycles. The van der Waals surface area contributed by atoms with E-state index >= 15 is 0 Å². The highest BCUT2D eigenvalue weighted by Crippen LogP contribution is 2.62. The van der Waals surface area contributed by atoms with Gasteiger partial charge in [0.2, 0.25) is 0 Å². The quantitative estimate of drug-likeness (QED) is 0.412. The first-order valence-corrected chi connectivity index (χ1v) is 7.26. The van der Waals surface area contributed by atoms with E-state index in [9.17, 15) is 0 Å². The van der Waals surface area contributed by atoms with Crippen molar-refractivity contribution in [2.75, 3.05) is 12.4 Å². The molecule has 1 heterocycles. The molecule has 0 spiro atoms. The number of rotatable bonds is 0. The summed E-state index contributed by atoms with van der Waals surface area (Å²) in [7, 11) is 0. The third-order valence-corrected chi connectivity index (χ3v) is 5.84. The number of hydrogen-bond acceptors (Lipinski definition) is 3. The summed E-state index contributed by atoms with van der Waals surface area (Å²) in [5, 5.41) is 0. The summed E-state index contributed by atoms with van der Waals surface area (Å²) in [5.41, 5.74) is -1.51. The van der Waals surface area contributed by atoms with Crippen LogP contribution in [0.5, 0.6) is 0 Å². The van der Waals surface area contributed by atoms with E-state index in [1.54, 1.807) is 11.4 Å². The van der Waals surface area contributed by atoms with Crippen molar-refractivity contribution >= 4 is 28.7 Å². The van der Waals surface area contributed by atoms with Gasteiger partial charge in [-0.15, -0.1) is 6.42 Å². The predicted molar refractivity (Wildman–Crippen MR) is 46.4 cm³/mol. The second-order valence-corrected chi connectivity index (χ2v) is 9.82. The number of terminal acetylenes is 1. The lowest BCUT2D eigenvalue weighted by atomic mass is 10.4. The first-order chi connectivity index (χ1) is 4.14. The summed E-state index contributed by atoms with van der Waals surface area (Å²) in [6, 6.07) is 0. The molecular weight excluding hydrogens is 171 g/mol. The van der Waals surface area contributed by atoms with Crippen LogP contribution in [0.15, 0.2) is 0 Å². The van der Waals surface area contributed by atoms with Gasteiger partial charge in [-0.3, -0.25) is 0 Å². The summed E-state index contributed by atoms with van der Waals surface area (Å²) in [5.74, 6) is 3.42. The summed E-state index contributed by atoms with van der Waals surface area (Å²) < 4.78 is 5.35. The fraction of sp³-hybridized carbons (Fsp3) is 0.600. The molecule has 0 aliphatic carbocycles. The largest absolute Gasteiger partial charge is 0.325 e. The maximum Gasteiger partial charge on any atom is 0.133 e. The standard InChI is InChI=1S/C5H7OPS2/c1-3-5-4-9-7(2,8)6-5/h1,5H,4H2,2H3. The van der Waals surface area contributed by atoms with Crippen LogP contribution in [0, 0.1) is 12.3 Å². The van der Waals surface area contributed by atoms with Crippen LogP contribution in [0.1, 0.15) is 0 Å². The van der Waals surface area contributed by atoms with E-state index in [4.69, 9.17) is 22.8 Å². The average Bonchev–Trinajstić information content (AvgIpc) is 2.10. The highest BCUT2D eigenvalue weighted by atomic mass is 32.9. The molecule has 50 valence electrons. The van der Waals surface area contributed by atoms with Crippen molar-refractivity contribution in [3.05, 3.63) is 0 Å². The van der Waals surface area contributed by atoms with Gasteiger partial charge in [-0.1, -0.05) is 29.1 Å². The molecule has 4 heteroatoms. The third-order valence-electron chi connectivity index (χ3n) is 0.965. The fourth-order valence-electron chi connectivity index (χ4n) is 0.574.